The standard InChI is InChI=1S/C24H21ClN6O4/c1-35-23-9-6-17(14-18(23)25)30-27-19-7-5-16(13-20(19)28-30)26-24(32)15-4-8-21(22(12-15)31(33)34)29-10-2-3-11-29/h4-9,12-14H,2-3,10-11H2,1H3,(H,26,32). The second kappa shape index (κ2) is 9.22. The molecule has 0 aliphatic carbocycles. The molecule has 3 aromatic carbocycles. The number of nitro benzene ring substituents is 1. The van der Waals surface area contributed by atoms with E-state index in [0.29, 0.717) is 38.9 Å². The minimum Gasteiger partial charge on any atom is -0.495 e. The highest BCUT2D eigenvalue weighted by molar-refractivity contribution is 6.32. The molecule has 0 saturated carbocycles. The van der Waals surface area contributed by atoms with Crippen LogP contribution < -0.4 is 15.0 Å². The lowest BCUT2D eigenvalue weighted by molar-refractivity contribution is -0.384. The topological polar surface area (TPSA) is 115 Å². The zero-order valence-corrected chi connectivity index (χ0v) is 19.5. The average Bonchev–Trinajstić information content (AvgIpc) is 3.53. The van der Waals surface area contributed by atoms with Crippen molar-refractivity contribution in [1.82, 2.24) is 15.0 Å². The first-order valence-electron chi connectivity index (χ1n) is 11.0. The number of amides is 1. The number of benzene rings is 3. The molecular formula is C24H21ClN6O4. The number of hydrogen-bond acceptors (Lipinski definition) is 7. The average molecular weight is 493 g/mol. The summed E-state index contributed by atoms with van der Waals surface area (Å²) in [5, 5.41) is 23.8. The Balaban J connectivity index is 1.38. The van der Waals surface area contributed by atoms with E-state index in [1.807, 2.05) is 4.90 Å². The van der Waals surface area contributed by atoms with E-state index in [1.165, 1.54) is 18.0 Å². The van der Waals surface area contributed by atoms with Crippen LogP contribution in [0.5, 0.6) is 5.75 Å². The number of rotatable bonds is 6. The number of anilines is 2. The maximum atomic E-state index is 12.9. The van der Waals surface area contributed by atoms with Gasteiger partial charge in [-0.05, 0) is 61.4 Å². The number of nitrogens with zero attached hydrogens (tertiary/aromatic N) is 5. The van der Waals surface area contributed by atoms with E-state index >= 15 is 0 Å². The van der Waals surface area contributed by atoms with Gasteiger partial charge in [-0.3, -0.25) is 14.9 Å². The van der Waals surface area contributed by atoms with Crippen molar-refractivity contribution in [3.8, 4) is 11.4 Å². The van der Waals surface area contributed by atoms with Crippen molar-refractivity contribution in [2.24, 2.45) is 0 Å². The van der Waals surface area contributed by atoms with Crippen molar-refractivity contribution in [3.05, 3.63) is 75.3 Å². The fraction of sp³-hybridized carbons (Fsp3) is 0.208. The molecule has 178 valence electrons. The van der Waals surface area contributed by atoms with Crippen LogP contribution in [0.4, 0.5) is 17.1 Å². The van der Waals surface area contributed by atoms with Gasteiger partial charge in [0, 0.05) is 30.4 Å². The third kappa shape index (κ3) is 4.47. The predicted octanol–water partition coefficient (Wildman–Crippen LogP) is 4.84. The lowest BCUT2D eigenvalue weighted by Crippen LogP contribution is -2.19. The maximum absolute atomic E-state index is 12.9. The molecule has 10 nitrogen and oxygen atoms in total. The van der Waals surface area contributed by atoms with E-state index in [9.17, 15) is 14.9 Å². The van der Waals surface area contributed by atoms with Crippen LogP contribution in [0.25, 0.3) is 16.7 Å². The van der Waals surface area contributed by atoms with Crippen LogP contribution in [0, 0.1) is 10.1 Å². The van der Waals surface area contributed by atoms with E-state index in [2.05, 4.69) is 15.5 Å². The van der Waals surface area contributed by atoms with E-state index in [1.54, 1.807) is 48.5 Å². The van der Waals surface area contributed by atoms with Crippen LogP contribution in [-0.2, 0) is 0 Å². The molecule has 5 rings (SSSR count). The highest BCUT2D eigenvalue weighted by Crippen LogP contribution is 2.32. The Kier molecular flexibility index (Phi) is 5.96. The molecular weight excluding hydrogens is 472 g/mol. The van der Waals surface area contributed by atoms with Gasteiger partial charge in [0.25, 0.3) is 11.6 Å². The Bertz CT molecular complexity index is 1450. The minimum absolute atomic E-state index is 0.0731. The van der Waals surface area contributed by atoms with Crippen molar-refractivity contribution >= 4 is 45.6 Å². The molecule has 1 aliphatic heterocycles. The number of nitrogens with one attached hydrogen (secondary N) is 1. The summed E-state index contributed by atoms with van der Waals surface area (Å²) in [6.45, 7) is 1.55. The Morgan fingerprint density at radius 3 is 2.54 bits per heavy atom. The fourth-order valence-corrected chi connectivity index (χ4v) is 4.38. The Morgan fingerprint density at radius 1 is 1.06 bits per heavy atom. The van der Waals surface area contributed by atoms with Crippen molar-refractivity contribution in [2.75, 3.05) is 30.4 Å². The molecule has 1 aliphatic rings. The van der Waals surface area contributed by atoms with Gasteiger partial charge < -0.3 is 15.0 Å². The summed E-state index contributed by atoms with van der Waals surface area (Å²) in [7, 11) is 1.54. The maximum Gasteiger partial charge on any atom is 0.293 e. The lowest BCUT2D eigenvalue weighted by atomic mass is 10.1. The number of methoxy groups -OCH3 is 1. The largest absolute Gasteiger partial charge is 0.495 e. The molecule has 0 radical (unpaired) electrons. The number of carbonyl (C=O) groups excluding carboxylic acids is 1. The highest BCUT2D eigenvalue weighted by Gasteiger charge is 2.24. The number of nitro groups is 1. The molecule has 1 aromatic heterocycles. The van der Waals surface area contributed by atoms with Gasteiger partial charge in [-0.1, -0.05) is 11.6 Å². The first-order valence-corrected chi connectivity index (χ1v) is 11.4. The summed E-state index contributed by atoms with van der Waals surface area (Å²) < 4.78 is 5.17. The summed E-state index contributed by atoms with van der Waals surface area (Å²) >= 11 is 6.21. The molecule has 35 heavy (non-hydrogen) atoms. The van der Waals surface area contributed by atoms with Crippen molar-refractivity contribution in [2.45, 2.75) is 12.8 Å². The number of hydrogen-bond donors (Lipinski definition) is 1. The van der Waals surface area contributed by atoms with Gasteiger partial charge in [0.2, 0.25) is 0 Å². The summed E-state index contributed by atoms with van der Waals surface area (Å²) in [4.78, 5) is 27.5. The van der Waals surface area contributed by atoms with E-state index in [-0.39, 0.29) is 11.3 Å². The van der Waals surface area contributed by atoms with Gasteiger partial charge in [0.05, 0.1) is 22.7 Å². The van der Waals surface area contributed by atoms with Crippen LogP contribution >= 0.6 is 11.6 Å². The Hall–Kier alpha value is -4.18. The van der Waals surface area contributed by atoms with Gasteiger partial charge >= 0.3 is 0 Å². The summed E-state index contributed by atoms with van der Waals surface area (Å²) in [5.74, 6) is 0.0978. The fourth-order valence-electron chi connectivity index (χ4n) is 4.13. The number of ether oxygens (including phenoxy) is 1. The zero-order chi connectivity index (χ0) is 24.5. The number of carbonyl (C=O) groups is 1. The number of fused-ring (bicyclic) bond motifs is 1. The van der Waals surface area contributed by atoms with Crippen LogP contribution in [0.3, 0.4) is 0 Å². The predicted molar refractivity (Wildman–Crippen MR) is 133 cm³/mol. The molecule has 1 N–H and O–H groups in total. The summed E-state index contributed by atoms with van der Waals surface area (Å²) in [6, 6.07) is 14.9. The number of aromatic nitrogens is 3. The summed E-state index contributed by atoms with van der Waals surface area (Å²) in [5.41, 5.74) is 3.01. The van der Waals surface area contributed by atoms with Crippen molar-refractivity contribution in [3.63, 3.8) is 0 Å². The number of halogens is 1. The smallest absolute Gasteiger partial charge is 0.293 e. The van der Waals surface area contributed by atoms with E-state index in [0.717, 1.165) is 25.9 Å². The third-order valence-corrected chi connectivity index (χ3v) is 6.18. The monoisotopic (exact) mass is 492 g/mol. The molecule has 1 saturated heterocycles. The second-order valence-electron chi connectivity index (χ2n) is 8.12. The third-order valence-electron chi connectivity index (χ3n) is 5.89. The quantitative estimate of drug-likeness (QED) is 0.302. The summed E-state index contributed by atoms with van der Waals surface area (Å²) in [6.07, 6.45) is 2.00. The Labute approximate surface area is 205 Å². The van der Waals surface area contributed by atoms with Crippen molar-refractivity contribution in [1.29, 1.82) is 0 Å². The molecule has 0 atom stereocenters. The molecule has 0 bridgehead atoms. The molecule has 0 unspecified atom stereocenters. The van der Waals surface area contributed by atoms with Crippen LogP contribution in [-0.4, -0.2) is 46.0 Å². The Morgan fingerprint density at radius 2 is 1.83 bits per heavy atom. The molecule has 11 heteroatoms. The van der Waals surface area contributed by atoms with Gasteiger partial charge in [-0.2, -0.15) is 4.80 Å². The zero-order valence-electron chi connectivity index (χ0n) is 18.8. The lowest BCUT2D eigenvalue weighted by Gasteiger charge is -2.17. The highest BCUT2D eigenvalue weighted by atomic mass is 35.5. The van der Waals surface area contributed by atoms with Gasteiger partial charge in [-0.25, -0.2) is 0 Å². The normalized spacial score (nSPS) is 13.3. The molecule has 4 aromatic rings. The van der Waals surface area contributed by atoms with E-state index in [4.69, 9.17) is 16.3 Å². The van der Waals surface area contributed by atoms with Crippen molar-refractivity contribution < 1.29 is 14.5 Å². The SMILES string of the molecule is COc1ccc(-n2nc3ccc(NC(=O)c4ccc(N5CCCC5)c([N+](=O)[O-])c4)cc3n2)cc1Cl. The molecule has 2 heterocycles. The first-order chi connectivity index (χ1) is 16.9. The molecule has 0 spiro atoms. The van der Waals surface area contributed by atoms with Crippen LogP contribution in [0.1, 0.15) is 23.2 Å². The second-order valence-corrected chi connectivity index (χ2v) is 8.53. The first kappa shape index (κ1) is 22.6. The van der Waals surface area contributed by atoms with Crippen LogP contribution in [0.2, 0.25) is 5.02 Å². The van der Waals surface area contributed by atoms with Gasteiger partial charge in [0.1, 0.15) is 22.5 Å². The van der Waals surface area contributed by atoms with E-state index < -0.39 is 10.8 Å². The van der Waals surface area contributed by atoms with Crippen LogP contribution in [0.15, 0.2) is 54.6 Å². The minimum atomic E-state index is -0.449. The molecule has 1 amide bonds. The molecule has 1 fully saturated rings. The van der Waals surface area contributed by atoms with Gasteiger partial charge in [0.15, 0.2) is 0 Å². The van der Waals surface area contributed by atoms with Gasteiger partial charge in [-0.15, -0.1) is 10.2 Å².